The molecule has 1 aliphatic heterocycles. The van der Waals surface area contributed by atoms with E-state index in [1.807, 2.05) is 35.4 Å². The van der Waals surface area contributed by atoms with Gasteiger partial charge in [-0.15, -0.1) is 11.8 Å². The highest BCUT2D eigenvalue weighted by Gasteiger charge is 2.22. The molecule has 0 bridgehead atoms. The number of aromatic nitrogens is 1. The van der Waals surface area contributed by atoms with Gasteiger partial charge in [0.15, 0.2) is 0 Å². The van der Waals surface area contributed by atoms with E-state index in [2.05, 4.69) is 17.6 Å². The summed E-state index contributed by atoms with van der Waals surface area (Å²) in [6, 6.07) is 6.03. The summed E-state index contributed by atoms with van der Waals surface area (Å²) in [5.74, 6) is 1.18. The fourth-order valence-corrected chi connectivity index (χ4v) is 3.87. The lowest BCUT2D eigenvalue weighted by molar-refractivity contribution is -0.137. The predicted octanol–water partition coefficient (Wildman–Crippen LogP) is 2.85. The Bertz CT molecular complexity index is 677. The van der Waals surface area contributed by atoms with Crippen molar-refractivity contribution in [3.63, 3.8) is 0 Å². The Labute approximate surface area is 133 Å². The predicted molar refractivity (Wildman–Crippen MR) is 88.6 cm³/mol. The molecule has 0 amide bonds. The van der Waals surface area contributed by atoms with E-state index >= 15 is 0 Å². The van der Waals surface area contributed by atoms with Gasteiger partial charge in [-0.1, -0.05) is 0 Å². The standard InChI is InChI=1S/C16H20N2O3S/c1-2-21-11-3-4-14-12(9-11)13(16-17-6-8-22-16)10-18(14)7-5-15(19)20/h3-4,9-10,16-17H,2,5-8H2,1H3,(H,19,20). The lowest BCUT2D eigenvalue weighted by Crippen LogP contribution is -2.11. The topological polar surface area (TPSA) is 63.5 Å². The molecule has 0 saturated carbocycles. The first kappa shape index (κ1) is 15.2. The molecule has 1 aromatic heterocycles. The molecule has 2 heterocycles. The number of rotatable bonds is 6. The molecule has 0 aliphatic carbocycles. The van der Waals surface area contributed by atoms with Crippen molar-refractivity contribution < 1.29 is 14.6 Å². The maximum atomic E-state index is 10.9. The molecule has 22 heavy (non-hydrogen) atoms. The Balaban J connectivity index is 2.02. The zero-order valence-electron chi connectivity index (χ0n) is 12.5. The summed E-state index contributed by atoms with van der Waals surface area (Å²) in [5, 5.41) is 13.8. The molecular weight excluding hydrogens is 300 g/mol. The van der Waals surface area contributed by atoms with E-state index in [1.54, 1.807) is 0 Å². The third kappa shape index (κ3) is 3.08. The zero-order valence-corrected chi connectivity index (χ0v) is 13.4. The van der Waals surface area contributed by atoms with Crippen LogP contribution < -0.4 is 10.1 Å². The lowest BCUT2D eigenvalue weighted by atomic mass is 10.1. The molecular formula is C16H20N2O3S. The van der Waals surface area contributed by atoms with E-state index in [1.165, 1.54) is 5.56 Å². The minimum absolute atomic E-state index is 0.127. The van der Waals surface area contributed by atoms with Crippen molar-refractivity contribution >= 4 is 28.6 Å². The van der Waals surface area contributed by atoms with Gasteiger partial charge in [0.2, 0.25) is 0 Å². The summed E-state index contributed by atoms with van der Waals surface area (Å²) >= 11 is 1.89. The minimum atomic E-state index is -0.775. The van der Waals surface area contributed by atoms with Crippen molar-refractivity contribution in [2.45, 2.75) is 25.3 Å². The Hall–Kier alpha value is -1.66. The van der Waals surface area contributed by atoms with Gasteiger partial charge < -0.3 is 19.7 Å². The van der Waals surface area contributed by atoms with E-state index in [0.717, 1.165) is 29.0 Å². The number of ether oxygens (including phenoxy) is 1. The number of hydrogen-bond donors (Lipinski definition) is 2. The van der Waals surface area contributed by atoms with E-state index in [-0.39, 0.29) is 11.8 Å². The molecule has 1 saturated heterocycles. The van der Waals surface area contributed by atoms with E-state index < -0.39 is 5.97 Å². The number of fused-ring (bicyclic) bond motifs is 1. The van der Waals surface area contributed by atoms with Crippen LogP contribution in [0.5, 0.6) is 5.75 Å². The van der Waals surface area contributed by atoms with Crippen LogP contribution in [0.25, 0.3) is 10.9 Å². The number of benzene rings is 1. The number of nitrogens with zero attached hydrogens (tertiary/aromatic N) is 1. The van der Waals surface area contributed by atoms with Crippen molar-refractivity contribution in [2.24, 2.45) is 0 Å². The number of thioether (sulfide) groups is 1. The highest BCUT2D eigenvalue weighted by molar-refractivity contribution is 7.99. The molecule has 2 N–H and O–H groups in total. The second-order valence-electron chi connectivity index (χ2n) is 5.24. The highest BCUT2D eigenvalue weighted by Crippen LogP contribution is 2.37. The largest absolute Gasteiger partial charge is 0.494 e. The smallest absolute Gasteiger partial charge is 0.305 e. The summed E-state index contributed by atoms with van der Waals surface area (Å²) in [5.41, 5.74) is 2.28. The summed E-state index contributed by atoms with van der Waals surface area (Å²) in [4.78, 5) is 10.9. The molecule has 5 nitrogen and oxygen atoms in total. The summed E-state index contributed by atoms with van der Waals surface area (Å²) in [6.07, 6.45) is 2.21. The summed E-state index contributed by atoms with van der Waals surface area (Å²) < 4.78 is 7.65. The molecule has 2 aromatic rings. The number of aliphatic carboxylic acids is 1. The molecule has 0 spiro atoms. The monoisotopic (exact) mass is 320 g/mol. The molecule has 1 aromatic carbocycles. The Morgan fingerprint density at radius 3 is 3.09 bits per heavy atom. The van der Waals surface area contributed by atoms with Crippen LogP contribution >= 0.6 is 11.8 Å². The van der Waals surface area contributed by atoms with Gasteiger partial charge in [-0.25, -0.2) is 0 Å². The Morgan fingerprint density at radius 2 is 2.41 bits per heavy atom. The SMILES string of the molecule is CCOc1ccc2c(c1)c(C1NCCS1)cn2CCC(=O)O. The zero-order chi connectivity index (χ0) is 15.5. The highest BCUT2D eigenvalue weighted by atomic mass is 32.2. The van der Waals surface area contributed by atoms with E-state index in [9.17, 15) is 4.79 Å². The van der Waals surface area contributed by atoms with Crippen molar-refractivity contribution in [3.05, 3.63) is 30.0 Å². The Kier molecular flexibility index (Phi) is 4.59. The number of nitrogens with one attached hydrogen (secondary N) is 1. The quantitative estimate of drug-likeness (QED) is 0.857. The van der Waals surface area contributed by atoms with Crippen molar-refractivity contribution in [2.75, 3.05) is 18.9 Å². The van der Waals surface area contributed by atoms with Gasteiger partial charge in [0.05, 0.1) is 18.4 Å². The van der Waals surface area contributed by atoms with E-state index in [4.69, 9.17) is 9.84 Å². The van der Waals surface area contributed by atoms with Crippen molar-refractivity contribution in [1.82, 2.24) is 9.88 Å². The first-order chi connectivity index (χ1) is 10.7. The summed E-state index contributed by atoms with van der Waals surface area (Å²) in [6.45, 7) is 4.09. The van der Waals surface area contributed by atoms with Gasteiger partial charge in [0.1, 0.15) is 5.75 Å². The lowest BCUT2D eigenvalue weighted by Gasteiger charge is -2.09. The van der Waals surface area contributed by atoms with Crippen LogP contribution in [0.2, 0.25) is 0 Å². The number of carboxylic acid groups (broad SMARTS) is 1. The van der Waals surface area contributed by atoms with E-state index in [0.29, 0.717) is 13.2 Å². The van der Waals surface area contributed by atoms with Crippen LogP contribution in [-0.2, 0) is 11.3 Å². The average molecular weight is 320 g/mol. The number of hydrogen-bond acceptors (Lipinski definition) is 4. The van der Waals surface area contributed by atoms with Crippen molar-refractivity contribution in [1.29, 1.82) is 0 Å². The fourth-order valence-electron chi connectivity index (χ4n) is 2.80. The van der Waals surface area contributed by atoms with Crippen LogP contribution in [0.15, 0.2) is 24.4 Å². The maximum Gasteiger partial charge on any atom is 0.305 e. The first-order valence-electron chi connectivity index (χ1n) is 7.51. The maximum absolute atomic E-state index is 10.9. The molecule has 3 rings (SSSR count). The van der Waals surface area contributed by atoms with Crippen LogP contribution in [-0.4, -0.2) is 34.5 Å². The molecule has 1 fully saturated rings. The molecule has 118 valence electrons. The van der Waals surface area contributed by atoms with Gasteiger partial charge in [-0.2, -0.15) is 0 Å². The third-order valence-electron chi connectivity index (χ3n) is 3.76. The number of aryl methyl sites for hydroxylation is 1. The second-order valence-corrected chi connectivity index (χ2v) is 6.45. The van der Waals surface area contributed by atoms with Gasteiger partial charge in [0.25, 0.3) is 0 Å². The first-order valence-corrected chi connectivity index (χ1v) is 8.56. The van der Waals surface area contributed by atoms with Crippen LogP contribution in [0, 0.1) is 0 Å². The van der Waals surface area contributed by atoms with Crippen molar-refractivity contribution in [3.8, 4) is 5.75 Å². The van der Waals surface area contributed by atoms with Gasteiger partial charge in [0, 0.05) is 41.5 Å². The fraction of sp³-hybridized carbons (Fsp3) is 0.438. The molecule has 0 radical (unpaired) electrons. The average Bonchev–Trinajstić information content (AvgIpc) is 3.12. The van der Waals surface area contributed by atoms with Gasteiger partial charge >= 0.3 is 5.97 Å². The molecule has 1 aliphatic rings. The number of carbonyl (C=O) groups is 1. The number of carboxylic acids is 1. The molecule has 1 unspecified atom stereocenters. The normalized spacial score (nSPS) is 18.0. The molecule has 1 atom stereocenters. The second kappa shape index (κ2) is 6.62. The third-order valence-corrected chi connectivity index (χ3v) is 4.95. The Morgan fingerprint density at radius 1 is 1.55 bits per heavy atom. The molecule has 6 heteroatoms. The van der Waals surface area contributed by atoms with Crippen LogP contribution in [0.1, 0.15) is 24.3 Å². The minimum Gasteiger partial charge on any atom is -0.494 e. The van der Waals surface area contributed by atoms with Crippen LogP contribution in [0.4, 0.5) is 0 Å². The van der Waals surface area contributed by atoms with Crippen LogP contribution in [0.3, 0.4) is 0 Å². The summed E-state index contributed by atoms with van der Waals surface area (Å²) in [7, 11) is 0. The van der Waals surface area contributed by atoms with Gasteiger partial charge in [-0.05, 0) is 25.1 Å². The van der Waals surface area contributed by atoms with Gasteiger partial charge in [-0.3, -0.25) is 4.79 Å².